The number of benzene rings is 2. The fraction of sp³-hybridized carbons (Fsp3) is 0.556. The van der Waals surface area contributed by atoms with Gasteiger partial charge in [0.15, 0.2) is 0 Å². The quantitative estimate of drug-likeness (QED) is 0.253. The van der Waals surface area contributed by atoms with Gasteiger partial charge in [-0.25, -0.2) is 0 Å². The highest BCUT2D eigenvalue weighted by atomic mass is 28.4. The monoisotopic (exact) mass is 598 g/mol. The molecule has 2 aromatic rings. The van der Waals surface area contributed by atoms with E-state index >= 15 is 0 Å². The second-order valence-corrected chi connectivity index (χ2v) is 24.0. The summed E-state index contributed by atoms with van der Waals surface area (Å²) in [6.45, 7) is 9.92. The molecule has 0 N–H and O–H groups in total. The van der Waals surface area contributed by atoms with Crippen molar-refractivity contribution in [3.8, 4) is 0 Å². The van der Waals surface area contributed by atoms with E-state index in [4.69, 9.17) is 8.85 Å². The Morgan fingerprint density at radius 2 is 0.976 bits per heavy atom. The highest BCUT2D eigenvalue weighted by Crippen LogP contribution is 2.47. The molecular weight excluding hydrogens is 549 g/mol. The Balaban J connectivity index is 1.16. The summed E-state index contributed by atoms with van der Waals surface area (Å²) in [5, 5.41) is 0. The zero-order valence-electron chi connectivity index (χ0n) is 25.9. The number of hydrogen-bond donors (Lipinski definition) is 0. The molecule has 4 aliphatic carbocycles. The van der Waals surface area contributed by atoms with Crippen LogP contribution < -0.4 is 0 Å². The first-order valence-corrected chi connectivity index (χ1v) is 23.9. The van der Waals surface area contributed by atoms with Crippen LogP contribution in [-0.4, -0.2) is 26.2 Å². The first kappa shape index (κ1) is 29.3. The molecule has 0 aliphatic heterocycles. The topological polar surface area (TPSA) is 18.5 Å². The standard InChI is InChI=1S/C36H50O2Si3/c1-40(2,29-17-7-5-8-18-29)37-35-23-27-15-11-13-21-31(27)33(35)25-39-26-34-32-22-14-12-16-28(32)24-36(34)38-41(3,4)30-19-9-6-10-20-30/h11-16,21-24,29-30,33-34H,5-10,17-20,25-26H2,1-4H3. The molecular formula is C36H50O2Si3. The minimum atomic E-state index is -1.80. The lowest BCUT2D eigenvalue weighted by molar-refractivity contribution is 0.354. The predicted molar refractivity (Wildman–Crippen MR) is 180 cm³/mol. The molecule has 2 nitrogen and oxygen atoms in total. The molecule has 0 heterocycles. The minimum absolute atomic E-state index is 0.401. The Labute approximate surface area is 254 Å². The lowest BCUT2D eigenvalue weighted by Gasteiger charge is -2.37. The van der Waals surface area contributed by atoms with Crippen molar-refractivity contribution in [3.63, 3.8) is 0 Å². The van der Waals surface area contributed by atoms with Crippen LogP contribution >= 0.6 is 0 Å². The first-order valence-electron chi connectivity index (χ1n) is 16.5. The molecule has 5 heteroatoms. The molecule has 0 spiro atoms. The van der Waals surface area contributed by atoms with Gasteiger partial charge in [-0.3, -0.25) is 0 Å². The molecule has 4 aliphatic rings. The Kier molecular flexibility index (Phi) is 8.86. The van der Waals surface area contributed by atoms with Crippen LogP contribution in [0.5, 0.6) is 0 Å². The zero-order chi connectivity index (χ0) is 28.5. The summed E-state index contributed by atoms with van der Waals surface area (Å²) in [7, 11) is -2.74. The highest BCUT2D eigenvalue weighted by Gasteiger charge is 2.41. The maximum absolute atomic E-state index is 7.14. The first-order chi connectivity index (χ1) is 19.8. The van der Waals surface area contributed by atoms with E-state index in [0.29, 0.717) is 11.8 Å². The molecule has 2 aromatic carbocycles. The molecule has 2 saturated carbocycles. The Bertz CT molecular complexity index is 1170. The molecule has 0 bridgehead atoms. The largest absolute Gasteiger partial charge is 0.546 e. The summed E-state index contributed by atoms with van der Waals surface area (Å²) in [6, 6.07) is 20.4. The highest BCUT2D eigenvalue weighted by molar-refractivity contribution is 6.73. The van der Waals surface area contributed by atoms with Crippen molar-refractivity contribution in [3.05, 3.63) is 82.3 Å². The summed E-state index contributed by atoms with van der Waals surface area (Å²) in [5.74, 6) is 3.34. The number of fused-ring (bicyclic) bond motifs is 2. The van der Waals surface area contributed by atoms with Crippen molar-refractivity contribution in [1.82, 2.24) is 0 Å². The smallest absolute Gasteiger partial charge is 0.247 e. The van der Waals surface area contributed by atoms with Gasteiger partial charge in [0.25, 0.3) is 0 Å². The normalized spacial score (nSPS) is 23.5. The van der Waals surface area contributed by atoms with E-state index in [9.17, 15) is 0 Å². The molecule has 0 aromatic heterocycles. The average molecular weight is 599 g/mol. The van der Waals surface area contributed by atoms with E-state index < -0.39 is 16.6 Å². The summed E-state index contributed by atoms with van der Waals surface area (Å²) >= 11 is 0. The third-order valence-electron chi connectivity index (χ3n) is 10.7. The average Bonchev–Trinajstić information content (AvgIpc) is 3.50. The Hall–Kier alpha value is -1.83. The fourth-order valence-electron chi connectivity index (χ4n) is 8.10. The van der Waals surface area contributed by atoms with Gasteiger partial charge < -0.3 is 8.85 Å². The molecule has 41 heavy (non-hydrogen) atoms. The van der Waals surface area contributed by atoms with Crippen LogP contribution in [0.25, 0.3) is 12.2 Å². The van der Waals surface area contributed by atoms with Crippen molar-refractivity contribution >= 4 is 38.3 Å². The summed E-state index contributed by atoms with van der Waals surface area (Å²) in [6.07, 6.45) is 18.6. The number of allylic oxidation sites excluding steroid dienone is 2. The lowest BCUT2D eigenvalue weighted by Crippen LogP contribution is -2.38. The van der Waals surface area contributed by atoms with Crippen LogP contribution in [-0.2, 0) is 8.85 Å². The molecule has 2 atom stereocenters. The molecule has 0 amide bonds. The van der Waals surface area contributed by atoms with Gasteiger partial charge in [-0.1, -0.05) is 87.1 Å². The maximum atomic E-state index is 7.14. The van der Waals surface area contributed by atoms with Crippen molar-refractivity contribution in [2.24, 2.45) is 0 Å². The van der Waals surface area contributed by atoms with E-state index in [0.717, 1.165) is 20.6 Å². The van der Waals surface area contributed by atoms with Gasteiger partial charge in [-0.05, 0) is 109 Å². The Morgan fingerprint density at radius 1 is 0.585 bits per heavy atom. The molecule has 2 radical (unpaired) electrons. The summed E-state index contributed by atoms with van der Waals surface area (Å²) in [5.41, 5.74) is 7.30. The van der Waals surface area contributed by atoms with E-state index in [1.807, 2.05) is 0 Å². The van der Waals surface area contributed by atoms with Crippen LogP contribution in [0.15, 0.2) is 60.0 Å². The third kappa shape index (κ3) is 6.42. The maximum Gasteiger partial charge on any atom is 0.247 e. The van der Waals surface area contributed by atoms with Crippen LogP contribution in [0.1, 0.15) is 98.3 Å². The second-order valence-electron chi connectivity index (χ2n) is 14.2. The lowest BCUT2D eigenvalue weighted by atomic mass is 10.0. The van der Waals surface area contributed by atoms with Crippen LogP contribution in [0.4, 0.5) is 0 Å². The van der Waals surface area contributed by atoms with Gasteiger partial charge >= 0.3 is 0 Å². The van der Waals surface area contributed by atoms with Crippen molar-refractivity contribution < 1.29 is 8.85 Å². The van der Waals surface area contributed by atoms with E-state index in [1.54, 1.807) is 0 Å². The third-order valence-corrected chi connectivity index (χ3v) is 18.7. The van der Waals surface area contributed by atoms with Gasteiger partial charge in [0.1, 0.15) is 0 Å². The SMILES string of the molecule is C[Si](C)(OC1=Cc2ccccc2C1C[Si]CC1C(O[Si](C)(C)C2CCCCC2)=Cc2ccccc21)C1CCCCC1. The van der Waals surface area contributed by atoms with Gasteiger partial charge in [-0.15, -0.1) is 0 Å². The molecule has 218 valence electrons. The molecule has 6 rings (SSSR count). The van der Waals surface area contributed by atoms with Gasteiger partial charge in [0.05, 0.1) is 11.5 Å². The summed E-state index contributed by atoms with van der Waals surface area (Å²) in [4.78, 5) is 0. The zero-order valence-corrected chi connectivity index (χ0v) is 28.9. The second kappa shape index (κ2) is 12.4. The van der Waals surface area contributed by atoms with Crippen molar-refractivity contribution in [2.75, 3.05) is 0 Å². The number of hydrogen-bond acceptors (Lipinski definition) is 2. The molecule has 2 unspecified atom stereocenters. The predicted octanol–water partition coefficient (Wildman–Crippen LogP) is 10.9. The van der Waals surface area contributed by atoms with Gasteiger partial charge in [0.2, 0.25) is 16.6 Å². The van der Waals surface area contributed by atoms with E-state index in [1.165, 1.54) is 110 Å². The van der Waals surface area contributed by atoms with Crippen molar-refractivity contribution in [2.45, 2.75) is 125 Å². The van der Waals surface area contributed by atoms with Crippen molar-refractivity contribution in [1.29, 1.82) is 0 Å². The van der Waals surface area contributed by atoms with E-state index in [2.05, 4.69) is 86.9 Å². The Morgan fingerprint density at radius 3 is 1.39 bits per heavy atom. The van der Waals surface area contributed by atoms with Crippen LogP contribution in [0.3, 0.4) is 0 Å². The number of rotatable bonds is 10. The van der Waals surface area contributed by atoms with Crippen LogP contribution in [0, 0.1) is 0 Å². The minimum Gasteiger partial charge on any atom is -0.546 e. The van der Waals surface area contributed by atoms with Crippen LogP contribution in [0.2, 0.25) is 49.4 Å². The fourth-order valence-corrected chi connectivity index (χ4v) is 15.2. The molecule has 2 fully saturated rings. The van der Waals surface area contributed by atoms with E-state index in [-0.39, 0.29) is 0 Å². The summed E-state index contributed by atoms with van der Waals surface area (Å²) < 4.78 is 14.3. The molecule has 0 saturated heterocycles. The van der Waals surface area contributed by atoms with Gasteiger partial charge in [-0.2, -0.15) is 0 Å². The van der Waals surface area contributed by atoms with Gasteiger partial charge in [0, 0.05) is 21.4 Å².